The quantitative estimate of drug-likeness (QED) is 0.151. The second-order valence-electron chi connectivity index (χ2n) is 9.33. The van der Waals surface area contributed by atoms with Crippen molar-refractivity contribution in [3.63, 3.8) is 0 Å². The first-order valence-corrected chi connectivity index (χ1v) is 20.7. The predicted octanol–water partition coefficient (Wildman–Crippen LogP) is 10.6. The van der Waals surface area contributed by atoms with Crippen molar-refractivity contribution in [3.05, 3.63) is 156 Å². The number of halogens is 4. The monoisotopic (exact) mass is 606 g/mol. The van der Waals surface area contributed by atoms with E-state index in [4.69, 9.17) is 44.3 Å². The molecule has 0 saturated carbocycles. The smallest absolute Gasteiger partial charge is 0.140 e. The van der Waals surface area contributed by atoms with Gasteiger partial charge in [0.05, 0.1) is 0 Å². The minimum Gasteiger partial charge on any atom is -0.140 e. The highest BCUT2D eigenvalue weighted by atomic mass is 35.7. The molecule has 0 radical (unpaired) electrons. The molecule has 6 heteroatoms. The Hall–Kier alpha value is -2.31. The molecule has 4 aromatic rings. The van der Waals surface area contributed by atoms with E-state index >= 15 is 0 Å². The van der Waals surface area contributed by atoms with E-state index in [-0.39, 0.29) is 5.16 Å². The summed E-state index contributed by atoms with van der Waals surface area (Å²) in [5.74, 6) is 0. The third-order valence-electron chi connectivity index (χ3n) is 7.03. The molecule has 0 spiro atoms. The molecule has 4 aromatic carbocycles. The average molecular weight is 609 g/mol. The van der Waals surface area contributed by atoms with Crippen LogP contribution in [0, 0.1) is 0 Å². The molecule has 1 heterocycles. The van der Waals surface area contributed by atoms with Crippen LogP contribution < -0.4 is 0 Å². The maximum atomic E-state index is 7.69. The summed E-state index contributed by atoms with van der Waals surface area (Å²) in [6.07, 6.45) is 0.547. The van der Waals surface area contributed by atoms with Crippen molar-refractivity contribution in [1.29, 1.82) is 0 Å². The van der Waals surface area contributed by atoms with E-state index in [0.29, 0.717) is 6.42 Å². The fourth-order valence-electron chi connectivity index (χ4n) is 5.23. The van der Waals surface area contributed by atoms with Crippen LogP contribution in [0.1, 0.15) is 28.7 Å². The molecule has 0 amide bonds. The topological polar surface area (TPSA) is 0 Å². The number of hydrogen-bond acceptors (Lipinski definition) is 0. The lowest BCUT2D eigenvalue weighted by molar-refractivity contribution is 1.12. The van der Waals surface area contributed by atoms with E-state index in [0.717, 1.165) is 44.2 Å². The molecular formula is C32H26Cl4Si2. The van der Waals surface area contributed by atoms with E-state index in [2.05, 4.69) is 91.5 Å². The van der Waals surface area contributed by atoms with Crippen LogP contribution in [-0.2, 0) is 0 Å². The summed E-state index contributed by atoms with van der Waals surface area (Å²) in [4.78, 5) is 0. The minimum absolute atomic E-state index is 0.343. The molecular weight excluding hydrogens is 582 g/mol. The molecule has 0 saturated heterocycles. The zero-order chi connectivity index (χ0) is 26.8. The first-order valence-electron chi connectivity index (χ1n) is 12.4. The molecule has 1 aliphatic heterocycles. The average Bonchev–Trinajstić information content (AvgIpc) is 3.06. The van der Waals surface area contributed by atoms with Crippen LogP contribution in [0.4, 0.5) is 0 Å². The van der Waals surface area contributed by atoms with Crippen molar-refractivity contribution in [2.45, 2.75) is 11.6 Å². The summed E-state index contributed by atoms with van der Waals surface area (Å²) in [7, 11) is 0. The second kappa shape index (κ2) is 11.4. The Bertz CT molecular complexity index is 1480. The Morgan fingerprint density at radius 2 is 1.00 bits per heavy atom. The van der Waals surface area contributed by atoms with Crippen LogP contribution in [0.15, 0.2) is 134 Å². The maximum absolute atomic E-state index is 7.69. The Labute approximate surface area is 245 Å². The SMILES string of the molecule is C=C[Si](Cl)(Cl)C1CC(c2ccccc2)=C(c2ccccc2)C(c2ccccc2)=C(c2ccccc2)[Si]1(Cl)Cl. The van der Waals surface area contributed by atoms with E-state index in [1.807, 2.05) is 36.4 Å². The fourth-order valence-corrected chi connectivity index (χ4v) is 20.9. The molecule has 1 aliphatic rings. The van der Waals surface area contributed by atoms with E-state index in [1.165, 1.54) is 0 Å². The van der Waals surface area contributed by atoms with E-state index < -0.39 is 13.4 Å². The van der Waals surface area contributed by atoms with Gasteiger partial charge in [-0.1, -0.05) is 127 Å². The number of hydrogen-bond donors (Lipinski definition) is 0. The standard InChI is InChI=1S/C32H26Cl4Si2/c1-2-37(33,34)29-23-28(24-15-7-3-8-16-24)30(25-17-9-4-10-18-25)31(26-19-11-5-12-20-26)32(38(29,35)36)27-21-13-6-14-22-27/h2-22,29H,1,23H2. The molecule has 5 rings (SSSR count). The van der Waals surface area contributed by atoms with Gasteiger partial charge in [-0.2, -0.15) is 0 Å². The Morgan fingerprint density at radius 1 is 0.605 bits per heavy atom. The lowest BCUT2D eigenvalue weighted by Gasteiger charge is -2.35. The highest BCUT2D eigenvalue weighted by Gasteiger charge is 2.56. The van der Waals surface area contributed by atoms with Crippen LogP contribution in [-0.4, -0.2) is 13.4 Å². The van der Waals surface area contributed by atoms with Crippen molar-refractivity contribution in [3.8, 4) is 0 Å². The number of allylic oxidation sites excluding steroid dienone is 3. The molecule has 0 N–H and O–H groups in total. The highest BCUT2D eigenvalue weighted by Crippen LogP contribution is 2.59. The first-order chi connectivity index (χ1) is 18.3. The Morgan fingerprint density at radius 3 is 1.45 bits per heavy atom. The van der Waals surface area contributed by atoms with Crippen molar-refractivity contribution in [1.82, 2.24) is 0 Å². The summed E-state index contributed by atoms with van der Waals surface area (Å²) < 4.78 is 0. The van der Waals surface area contributed by atoms with Gasteiger partial charge in [0, 0.05) is 5.16 Å². The van der Waals surface area contributed by atoms with Gasteiger partial charge in [-0.15, -0.1) is 50.9 Å². The summed E-state index contributed by atoms with van der Waals surface area (Å²) in [6, 6.07) is 41.5. The lowest BCUT2D eigenvalue weighted by Crippen LogP contribution is -2.42. The molecule has 38 heavy (non-hydrogen) atoms. The zero-order valence-electron chi connectivity index (χ0n) is 20.6. The Balaban J connectivity index is 2.02. The molecule has 1 unspecified atom stereocenters. The van der Waals surface area contributed by atoms with Crippen LogP contribution in [0.3, 0.4) is 0 Å². The molecule has 0 aliphatic carbocycles. The molecule has 0 nitrogen and oxygen atoms in total. The molecule has 0 bridgehead atoms. The van der Waals surface area contributed by atoms with Gasteiger partial charge in [0.25, 0.3) is 13.4 Å². The molecule has 1 atom stereocenters. The lowest BCUT2D eigenvalue weighted by atomic mass is 9.84. The largest absolute Gasteiger partial charge is 0.285 e. The summed E-state index contributed by atoms with van der Waals surface area (Å²) in [6.45, 7) is -2.48. The van der Waals surface area contributed by atoms with Crippen LogP contribution in [0.5, 0.6) is 0 Å². The van der Waals surface area contributed by atoms with E-state index in [1.54, 1.807) is 5.70 Å². The van der Waals surface area contributed by atoms with Crippen molar-refractivity contribution in [2.24, 2.45) is 0 Å². The highest BCUT2D eigenvalue weighted by molar-refractivity contribution is 7.62. The van der Waals surface area contributed by atoms with Gasteiger partial charge in [-0.25, -0.2) is 0 Å². The van der Waals surface area contributed by atoms with Gasteiger partial charge in [-0.05, 0) is 50.6 Å². The summed E-state index contributed by atoms with van der Waals surface area (Å²) in [5, 5.41) is 0.590. The summed E-state index contributed by atoms with van der Waals surface area (Å²) in [5.41, 5.74) is 9.18. The third-order valence-corrected chi connectivity index (χ3v) is 21.1. The van der Waals surface area contributed by atoms with Crippen molar-refractivity contribution in [2.75, 3.05) is 0 Å². The molecule has 0 aromatic heterocycles. The van der Waals surface area contributed by atoms with Gasteiger partial charge in [-0.3, -0.25) is 0 Å². The third kappa shape index (κ3) is 5.27. The Kier molecular flexibility index (Phi) is 8.20. The van der Waals surface area contributed by atoms with E-state index in [9.17, 15) is 0 Å². The summed E-state index contributed by atoms with van der Waals surface area (Å²) >= 11 is 29.7. The van der Waals surface area contributed by atoms with Crippen molar-refractivity contribution < 1.29 is 0 Å². The van der Waals surface area contributed by atoms with Crippen LogP contribution >= 0.6 is 44.3 Å². The van der Waals surface area contributed by atoms with Crippen molar-refractivity contribution >= 4 is 79.6 Å². The van der Waals surface area contributed by atoms with Crippen LogP contribution in [0.2, 0.25) is 5.16 Å². The molecule has 190 valence electrons. The number of benzene rings is 4. The van der Waals surface area contributed by atoms with Gasteiger partial charge >= 0.3 is 0 Å². The molecule has 0 fully saturated rings. The van der Waals surface area contributed by atoms with Gasteiger partial charge < -0.3 is 0 Å². The van der Waals surface area contributed by atoms with Gasteiger partial charge in [0.15, 0.2) is 0 Å². The fraction of sp³-hybridized carbons (Fsp3) is 0.0625. The maximum Gasteiger partial charge on any atom is 0.285 e. The number of rotatable bonds is 6. The van der Waals surface area contributed by atoms with Gasteiger partial charge in [0.1, 0.15) is 0 Å². The second-order valence-corrected chi connectivity index (χ2v) is 23.3. The normalized spacial score (nSPS) is 17.7. The minimum atomic E-state index is -3.38. The van der Waals surface area contributed by atoms with Gasteiger partial charge in [0.2, 0.25) is 0 Å². The first kappa shape index (κ1) is 27.3. The predicted molar refractivity (Wildman–Crippen MR) is 173 cm³/mol. The van der Waals surface area contributed by atoms with Crippen LogP contribution in [0.25, 0.3) is 21.9 Å². The zero-order valence-corrected chi connectivity index (χ0v) is 25.7.